The molecule has 1 N–H and O–H groups in total. The van der Waals surface area contributed by atoms with Crippen molar-refractivity contribution in [3.63, 3.8) is 0 Å². The first kappa shape index (κ1) is 27.1. The van der Waals surface area contributed by atoms with E-state index in [1.807, 2.05) is 57.2 Å². The fourth-order valence-corrected chi connectivity index (χ4v) is 3.69. The maximum Gasteiger partial charge on any atom is 0.156 e. The summed E-state index contributed by atoms with van der Waals surface area (Å²) in [5.41, 5.74) is 1.70. The van der Waals surface area contributed by atoms with Crippen LogP contribution in [0.2, 0.25) is 10.0 Å². The Hall–Kier alpha value is -1.17. The van der Waals surface area contributed by atoms with Gasteiger partial charge in [-0.2, -0.15) is 0 Å². The molecule has 0 saturated heterocycles. The number of alkyl halides is 1. The Labute approximate surface area is 206 Å². The summed E-state index contributed by atoms with van der Waals surface area (Å²) in [5.74, 6) is 1.87. The fraction of sp³-hybridized carbons (Fsp3) is 0.520. The van der Waals surface area contributed by atoms with E-state index in [0.29, 0.717) is 34.0 Å². The number of ether oxygens (including phenoxy) is 3. The Morgan fingerprint density at radius 2 is 1.47 bits per heavy atom. The Balaban J connectivity index is 2.09. The molecule has 2 aromatic rings. The van der Waals surface area contributed by atoms with Gasteiger partial charge in [-0.25, -0.2) is 0 Å². The lowest BCUT2D eigenvalue weighted by Gasteiger charge is -2.27. The molecule has 2 atom stereocenters. The maximum absolute atomic E-state index is 9.96. The molecule has 178 valence electrons. The van der Waals surface area contributed by atoms with E-state index in [2.05, 4.69) is 13.8 Å². The van der Waals surface area contributed by atoms with Gasteiger partial charge in [0.1, 0.15) is 18.5 Å². The molecule has 0 spiro atoms. The monoisotopic (exact) mass is 502 g/mol. The van der Waals surface area contributed by atoms with Crippen LogP contribution >= 0.6 is 34.8 Å². The van der Waals surface area contributed by atoms with Gasteiger partial charge < -0.3 is 19.3 Å². The van der Waals surface area contributed by atoms with Crippen LogP contribution in [-0.2, 0) is 10.2 Å². The molecule has 7 heteroatoms. The average molecular weight is 504 g/mol. The molecular weight excluding hydrogens is 471 g/mol. The van der Waals surface area contributed by atoms with E-state index >= 15 is 0 Å². The second-order valence-corrected chi connectivity index (χ2v) is 9.96. The first-order valence-corrected chi connectivity index (χ1v) is 12.0. The highest BCUT2D eigenvalue weighted by Crippen LogP contribution is 2.40. The van der Waals surface area contributed by atoms with Gasteiger partial charge in [0.2, 0.25) is 0 Å². The second-order valence-electron chi connectivity index (χ2n) is 8.84. The molecule has 2 rings (SSSR count). The standard InChI is InChI=1S/C25H33Cl3O4/c1-16(2)30-14-20(29)15-31-21-8-6-18(7-9-21)25(4,5)19-10-22(27)24(23(28)11-19)32-13-17(3)12-26/h6-11,16-17,20,29H,12-15H2,1-5H3. The minimum Gasteiger partial charge on any atom is -0.491 e. The van der Waals surface area contributed by atoms with Crippen LogP contribution in [-0.4, -0.2) is 43.0 Å². The minimum absolute atomic E-state index is 0.0722. The summed E-state index contributed by atoms with van der Waals surface area (Å²) in [6.45, 7) is 10.9. The Kier molecular flexibility index (Phi) is 10.4. The minimum atomic E-state index is -0.675. The van der Waals surface area contributed by atoms with Crippen LogP contribution in [0, 0.1) is 5.92 Å². The topological polar surface area (TPSA) is 47.9 Å². The summed E-state index contributed by atoms with van der Waals surface area (Å²) in [4.78, 5) is 0. The van der Waals surface area contributed by atoms with Gasteiger partial charge in [-0.05, 0) is 49.2 Å². The van der Waals surface area contributed by atoms with Gasteiger partial charge in [0.25, 0.3) is 0 Å². The van der Waals surface area contributed by atoms with E-state index < -0.39 is 6.10 Å². The zero-order valence-corrected chi connectivity index (χ0v) is 21.6. The Bertz CT molecular complexity index is 830. The van der Waals surface area contributed by atoms with Gasteiger partial charge in [-0.1, -0.05) is 56.1 Å². The van der Waals surface area contributed by atoms with Gasteiger partial charge in [-0.3, -0.25) is 0 Å². The molecule has 4 nitrogen and oxygen atoms in total. The third-order valence-corrected chi connectivity index (χ3v) is 6.22. The quantitative estimate of drug-likeness (QED) is 0.326. The van der Waals surface area contributed by atoms with Crippen molar-refractivity contribution in [1.82, 2.24) is 0 Å². The van der Waals surface area contributed by atoms with Crippen molar-refractivity contribution in [1.29, 1.82) is 0 Å². The van der Waals surface area contributed by atoms with Crippen molar-refractivity contribution in [3.8, 4) is 11.5 Å². The summed E-state index contributed by atoms with van der Waals surface area (Å²) >= 11 is 18.8. The molecule has 0 aliphatic heterocycles. The van der Waals surface area contributed by atoms with Gasteiger partial charge in [-0.15, -0.1) is 11.6 Å². The van der Waals surface area contributed by atoms with E-state index in [9.17, 15) is 5.11 Å². The van der Waals surface area contributed by atoms with Crippen LogP contribution in [0.5, 0.6) is 11.5 Å². The molecular formula is C25H33Cl3O4. The smallest absolute Gasteiger partial charge is 0.156 e. The molecule has 0 heterocycles. The zero-order chi connectivity index (χ0) is 23.9. The van der Waals surface area contributed by atoms with Crippen molar-refractivity contribution in [2.75, 3.05) is 25.7 Å². The molecule has 0 saturated carbocycles. The molecule has 0 aromatic heterocycles. The highest BCUT2D eigenvalue weighted by atomic mass is 35.5. The predicted octanol–water partition coefficient (Wildman–Crippen LogP) is 6.74. The molecule has 2 unspecified atom stereocenters. The number of halogens is 3. The third-order valence-electron chi connectivity index (χ3n) is 5.14. The van der Waals surface area contributed by atoms with Crippen molar-refractivity contribution in [3.05, 3.63) is 57.6 Å². The van der Waals surface area contributed by atoms with E-state index in [4.69, 9.17) is 49.0 Å². The van der Waals surface area contributed by atoms with E-state index in [-0.39, 0.29) is 30.7 Å². The lowest BCUT2D eigenvalue weighted by atomic mass is 9.78. The highest BCUT2D eigenvalue weighted by molar-refractivity contribution is 6.37. The maximum atomic E-state index is 9.96. The largest absolute Gasteiger partial charge is 0.491 e. The zero-order valence-electron chi connectivity index (χ0n) is 19.3. The molecule has 0 aliphatic rings. The predicted molar refractivity (Wildman–Crippen MR) is 133 cm³/mol. The Morgan fingerprint density at radius 3 is 2.00 bits per heavy atom. The second kappa shape index (κ2) is 12.3. The third kappa shape index (κ3) is 7.71. The van der Waals surface area contributed by atoms with Crippen LogP contribution in [0.25, 0.3) is 0 Å². The number of rotatable bonds is 12. The summed E-state index contributed by atoms with van der Waals surface area (Å²) in [6.07, 6.45) is -0.603. The fourth-order valence-electron chi connectivity index (χ4n) is 3.01. The van der Waals surface area contributed by atoms with Crippen molar-refractivity contribution < 1.29 is 19.3 Å². The van der Waals surface area contributed by atoms with Crippen LogP contribution < -0.4 is 9.47 Å². The highest BCUT2D eigenvalue weighted by Gasteiger charge is 2.26. The van der Waals surface area contributed by atoms with E-state index in [1.165, 1.54) is 0 Å². The average Bonchev–Trinajstić information content (AvgIpc) is 2.75. The summed E-state index contributed by atoms with van der Waals surface area (Å²) in [6, 6.07) is 11.6. The first-order valence-electron chi connectivity index (χ1n) is 10.8. The normalized spacial score (nSPS) is 13.8. The number of benzene rings is 2. The number of hydrogen-bond acceptors (Lipinski definition) is 4. The lowest BCUT2D eigenvalue weighted by Crippen LogP contribution is -2.25. The summed E-state index contributed by atoms with van der Waals surface area (Å²) in [5, 5.41) is 10.9. The van der Waals surface area contributed by atoms with Gasteiger partial charge in [0.05, 0.1) is 29.4 Å². The molecule has 0 radical (unpaired) electrons. The number of hydrogen-bond donors (Lipinski definition) is 1. The van der Waals surface area contributed by atoms with Gasteiger partial charge in [0, 0.05) is 17.2 Å². The van der Waals surface area contributed by atoms with Crippen LogP contribution in [0.15, 0.2) is 36.4 Å². The molecule has 0 fully saturated rings. The summed E-state index contributed by atoms with van der Waals surface area (Å²) in [7, 11) is 0. The van der Waals surface area contributed by atoms with E-state index in [1.54, 1.807) is 0 Å². The summed E-state index contributed by atoms with van der Waals surface area (Å²) < 4.78 is 16.9. The van der Waals surface area contributed by atoms with Gasteiger partial charge in [0.15, 0.2) is 5.75 Å². The molecule has 0 amide bonds. The van der Waals surface area contributed by atoms with Crippen LogP contribution in [0.1, 0.15) is 45.7 Å². The number of aliphatic hydroxyl groups is 1. The Morgan fingerprint density at radius 1 is 0.875 bits per heavy atom. The van der Waals surface area contributed by atoms with Crippen molar-refractivity contribution >= 4 is 34.8 Å². The van der Waals surface area contributed by atoms with Crippen LogP contribution in [0.3, 0.4) is 0 Å². The molecule has 32 heavy (non-hydrogen) atoms. The SMILES string of the molecule is CC(CCl)COc1c(Cl)cc(C(C)(C)c2ccc(OCC(O)COC(C)C)cc2)cc1Cl. The molecule has 0 bridgehead atoms. The van der Waals surface area contributed by atoms with Crippen molar-refractivity contribution in [2.24, 2.45) is 5.92 Å². The van der Waals surface area contributed by atoms with Crippen molar-refractivity contribution in [2.45, 2.75) is 52.2 Å². The van der Waals surface area contributed by atoms with E-state index in [0.717, 1.165) is 11.1 Å². The lowest BCUT2D eigenvalue weighted by molar-refractivity contribution is -0.0122. The van der Waals surface area contributed by atoms with Gasteiger partial charge >= 0.3 is 0 Å². The molecule has 0 aliphatic carbocycles. The molecule has 2 aromatic carbocycles. The number of aliphatic hydroxyl groups excluding tert-OH is 1. The van der Waals surface area contributed by atoms with Crippen LogP contribution in [0.4, 0.5) is 0 Å². The first-order chi connectivity index (χ1) is 15.0.